The summed E-state index contributed by atoms with van der Waals surface area (Å²) >= 11 is 0. The number of nitrogens with zero attached hydrogens (tertiary/aromatic N) is 1. The third-order valence-corrected chi connectivity index (χ3v) is 3.59. The number of ether oxygens (including phenoxy) is 3. The minimum atomic E-state index is -0.737. The number of hydrogen-bond acceptors (Lipinski definition) is 8. The van der Waals surface area contributed by atoms with Crippen LogP contribution in [0.5, 0.6) is 0 Å². The maximum absolute atomic E-state index is 11.9. The number of amides is 1. The Morgan fingerprint density at radius 3 is 2.38 bits per heavy atom. The molecule has 0 radical (unpaired) electrons. The number of hydrogen-bond donors (Lipinski definition) is 1. The van der Waals surface area contributed by atoms with E-state index >= 15 is 0 Å². The number of rotatable bonds is 9. The van der Waals surface area contributed by atoms with Gasteiger partial charge >= 0.3 is 11.9 Å². The number of methoxy groups -OCH3 is 1. The summed E-state index contributed by atoms with van der Waals surface area (Å²) in [5.74, 6) is -1.90. The highest BCUT2D eigenvalue weighted by molar-refractivity contribution is 5.96. The van der Waals surface area contributed by atoms with E-state index in [1.165, 1.54) is 12.1 Å². The molecule has 0 aliphatic heterocycles. The molecule has 0 bridgehead atoms. The molecule has 0 atom stereocenters. The Balaban J connectivity index is 1.81. The van der Waals surface area contributed by atoms with Crippen molar-refractivity contribution in [3.05, 3.63) is 69.8 Å². The molecule has 10 nitrogen and oxygen atoms in total. The average molecular weight is 402 g/mol. The highest BCUT2D eigenvalue weighted by Gasteiger charge is 2.19. The summed E-state index contributed by atoms with van der Waals surface area (Å²) in [6, 6.07) is 11.9. The molecule has 1 N–H and O–H groups in total. The number of carbonyl (C=O) groups excluding carboxylic acids is 3. The second-order valence-electron chi connectivity index (χ2n) is 5.58. The van der Waals surface area contributed by atoms with Gasteiger partial charge in [0.1, 0.15) is 18.9 Å². The van der Waals surface area contributed by atoms with Crippen molar-refractivity contribution < 1.29 is 33.5 Å². The zero-order valence-electron chi connectivity index (χ0n) is 15.5. The Hall–Kier alpha value is -3.79. The van der Waals surface area contributed by atoms with Crippen LogP contribution >= 0.6 is 0 Å². The Kier molecular flexibility index (Phi) is 7.80. The lowest BCUT2D eigenvalue weighted by Gasteiger charge is -2.08. The fourth-order valence-corrected chi connectivity index (χ4v) is 2.24. The van der Waals surface area contributed by atoms with E-state index in [1.54, 1.807) is 30.3 Å². The summed E-state index contributed by atoms with van der Waals surface area (Å²) in [6.45, 7) is -0.497. The third kappa shape index (κ3) is 6.40. The molecule has 2 rings (SSSR count). The molecule has 1 amide bonds. The zero-order valence-corrected chi connectivity index (χ0v) is 15.5. The third-order valence-electron chi connectivity index (χ3n) is 3.59. The number of benzene rings is 2. The average Bonchev–Trinajstić information content (AvgIpc) is 2.73. The molecule has 0 aliphatic rings. The predicted molar refractivity (Wildman–Crippen MR) is 101 cm³/mol. The topological polar surface area (TPSA) is 134 Å². The lowest BCUT2D eigenvalue weighted by atomic mass is 10.1. The van der Waals surface area contributed by atoms with E-state index in [-0.39, 0.29) is 24.5 Å². The van der Waals surface area contributed by atoms with Gasteiger partial charge in [-0.2, -0.15) is 0 Å². The van der Waals surface area contributed by atoms with Crippen LogP contribution in [0.4, 0.5) is 11.4 Å². The van der Waals surface area contributed by atoms with Crippen molar-refractivity contribution in [1.29, 1.82) is 0 Å². The van der Waals surface area contributed by atoms with Gasteiger partial charge in [0.2, 0.25) is 0 Å². The van der Waals surface area contributed by atoms with Crippen LogP contribution in [-0.4, -0.2) is 49.7 Å². The van der Waals surface area contributed by atoms with Gasteiger partial charge < -0.3 is 19.5 Å². The molecule has 2 aromatic rings. The normalized spacial score (nSPS) is 10.1. The van der Waals surface area contributed by atoms with E-state index in [0.29, 0.717) is 5.56 Å². The molecule has 0 aliphatic carbocycles. The van der Waals surface area contributed by atoms with E-state index in [9.17, 15) is 24.5 Å². The summed E-state index contributed by atoms with van der Waals surface area (Å²) in [5, 5.41) is 13.5. The van der Waals surface area contributed by atoms with E-state index in [0.717, 1.165) is 13.2 Å². The summed E-state index contributed by atoms with van der Waals surface area (Å²) in [6.07, 6.45) is 0. The Morgan fingerprint density at radius 1 is 1.00 bits per heavy atom. The number of anilines is 1. The van der Waals surface area contributed by atoms with Gasteiger partial charge in [-0.15, -0.1) is 0 Å². The van der Waals surface area contributed by atoms with Crippen molar-refractivity contribution in [2.75, 3.05) is 32.2 Å². The van der Waals surface area contributed by atoms with Gasteiger partial charge in [-0.1, -0.05) is 18.2 Å². The summed E-state index contributed by atoms with van der Waals surface area (Å²) in [5.41, 5.74) is -0.175. The van der Waals surface area contributed by atoms with Crippen LogP contribution in [0.15, 0.2) is 48.5 Å². The van der Waals surface area contributed by atoms with Crippen LogP contribution in [0.1, 0.15) is 20.7 Å². The molecule has 0 heterocycles. The number of nitro benzene ring substituents is 1. The lowest BCUT2D eigenvalue weighted by molar-refractivity contribution is -0.384. The van der Waals surface area contributed by atoms with Crippen molar-refractivity contribution in [1.82, 2.24) is 0 Å². The first-order valence-electron chi connectivity index (χ1n) is 8.39. The number of nitrogens with one attached hydrogen (secondary N) is 1. The van der Waals surface area contributed by atoms with Gasteiger partial charge in [0.15, 0.2) is 0 Å². The first-order valence-corrected chi connectivity index (χ1v) is 8.39. The highest BCUT2D eigenvalue weighted by Crippen LogP contribution is 2.25. The maximum atomic E-state index is 11.9. The Morgan fingerprint density at radius 2 is 1.72 bits per heavy atom. The standard InChI is InChI=1S/C19H18N2O8/c1-27-18(23)14-7-8-15(16(11-14)21(25)26)20-17(22)12-28-9-10-29-19(24)13-5-3-2-4-6-13/h2-8,11H,9-10,12H2,1H3,(H,20,22). The number of esters is 2. The molecule has 152 valence electrons. The van der Waals surface area contributed by atoms with Crippen molar-refractivity contribution in [3.8, 4) is 0 Å². The fraction of sp³-hybridized carbons (Fsp3) is 0.211. The SMILES string of the molecule is COC(=O)c1ccc(NC(=O)COCCOC(=O)c2ccccc2)c([N+](=O)[O-])c1. The summed E-state index contributed by atoms with van der Waals surface area (Å²) in [4.78, 5) is 45.6. The van der Waals surface area contributed by atoms with Crippen LogP contribution in [-0.2, 0) is 19.0 Å². The fourth-order valence-electron chi connectivity index (χ4n) is 2.24. The minimum absolute atomic E-state index is 0.0197. The van der Waals surface area contributed by atoms with Crippen LogP contribution in [0.2, 0.25) is 0 Å². The van der Waals surface area contributed by atoms with Gasteiger partial charge in [0.05, 0.1) is 29.8 Å². The minimum Gasteiger partial charge on any atom is -0.465 e. The second kappa shape index (κ2) is 10.5. The van der Waals surface area contributed by atoms with Crippen LogP contribution < -0.4 is 5.32 Å². The lowest BCUT2D eigenvalue weighted by Crippen LogP contribution is -2.21. The maximum Gasteiger partial charge on any atom is 0.338 e. The molecule has 0 saturated heterocycles. The van der Waals surface area contributed by atoms with Gasteiger partial charge in [0.25, 0.3) is 11.6 Å². The van der Waals surface area contributed by atoms with Crippen molar-refractivity contribution in [2.24, 2.45) is 0 Å². The highest BCUT2D eigenvalue weighted by atomic mass is 16.6. The molecule has 0 saturated carbocycles. The van der Waals surface area contributed by atoms with Crippen molar-refractivity contribution >= 4 is 29.2 Å². The molecule has 10 heteroatoms. The van der Waals surface area contributed by atoms with Crippen molar-refractivity contribution in [2.45, 2.75) is 0 Å². The van der Waals surface area contributed by atoms with Gasteiger partial charge in [-0.25, -0.2) is 9.59 Å². The summed E-state index contributed by atoms with van der Waals surface area (Å²) < 4.78 is 14.6. The molecule has 29 heavy (non-hydrogen) atoms. The Bertz CT molecular complexity index is 898. The first-order chi connectivity index (χ1) is 13.9. The quantitative estimate of drug-likeness (QED) is 0.292. The van der Waals surface area contributed by atoms with E-state index < -0.39 is 35.1 Å². The molecule has 0 spiro atoms. The smallest absolute Gasteiger partial charge is 0.338 e. The van der Waals surface area contributed by atoms with Crippen LogP contribution in [0.3, 0.4) is 0 Å². The monoisotopic (exact) mass is 402 g/mol. The first kappa shape index (κ1) is 21.5. The largest absolute Gasteiger partial charge is 0.465 e. The van der Waals surface area contributed by atoms with Gasteiger partial charge in [-0.05, 0) is 24.3 Å². The van der Waals surface area contributed by atoms with E-state index in [1.807, 2.05) is 0 Å². The Labute approximate surface area is 165 Å². The second-order valence-corrected chi connectivity index (χ2v) is 5.58. The summed E-state index contributed by atoms with van der Waals surface area (Å²) in [7, 11) is 1.15. The number of carbonyl (C=O) groups is 3. The van der Waals surface area contributed by atoms with Gasteiger partial charge in [0, 0.05) is 6.07 Å². The molecular formula is C19H18N2O8. The molecule has 0 fully saturated rings. The van der Waals surface area contributed by atoms with Crippen molar-refractivity contribution in [3.63, 3.8) is 0 Å². The molecular weight excluding hydrogens is 384 g/mol. The number of nitro groups is 1. The predicted octanol–water partition coefficient (Wildman–Crippen LogP) is 2.19. The van der Waals surface area contributed by atoms with Gasteiger partial charge in [-0.3, -0.25) is 14.9 Å². The molecule has 0 aromatic heterocycles. The van der Waals surface area contributed by atoms with E-state index in [2.05, 4.69) is 10.1 Å². The van der Waals surface area contributed by atoms with Crippen LogP contribution in [0.25, 0.3) is 0 Å². The van der Waals surface area contributed by atoms with E-state index in [4.69, 9.17) is 9.47 Å². The zero-order chi connectivity index (χ0) is 21.2. The molecule has 0 unspecified atom stereocenters. The molecule has 2 aromatic carbocycles. The van der Waals surface area contributed by atoms with Crippen LogP contribution in [0, 0.1) is 10.1 Å².